The molecule has 200 valence electrons. The third-order valence-corrected chi connectivity index (χ3v) is 5.76. The van der Waals surface area contributed by atoms with E-state index >= 15 is 0 Å². The van der Waals surface area contributed by atoms with Crippen LogP contribution in [0.2, 0.25) is 0 Å². The topological polar surface area (TPSA) is 161 Å². The fourth-order valence-corrected chi connectivity index (χ4v) is 4.00. The molecule has 12 heteroatoms. The number of pyridine rings is 1. The highest BCUT2D eigenvalue weighted by molar-refractivity contribution is 6.14. The maximum Gasteiger partial charge on any atom is 0.290 e. The van der Waals surface area contributed by atoms with E-state index in [1.807, 2.05) is 0 Å². The molecule has 0 aliphatic carbocycles. The van der Waals surface area contributed by atoms with Gasteiger partial charge in [-0.25, -0.2) is 4.98 Å². The van der Waals surface area contributed by atoms with Crippen molar-refractivity contribution in [1.29, 1.82) is 0 Å². The summed E-state index contributed by atoms with van der Waals surface area (Å²) in [6.07, 6.45) is 0. The number of hydrogen-bond donors (Lipinski definition) is 4. The lowest BCUT2D eigenvalue weighted by molar-refractivity contribution is 0.0993. The van der Waals surface area contributed by atoms with Crippen LogP contribution in [0.1, 0.15) is 43.9 Å². The first-order chi connectivity index (χ1) is 18.6. The molecule has 0 bridgehead atoms. The lowest BCUT2D eigenvalue weighted by Crippen LogP contribution is -2.22. The Balaban J connectivity index is 1.62. The Morgan fingerprint density at radius 3 is 2.33 bits per heavy atom. The summed E-state index contributed by atoms with van der Waals surface area (Å²) < 4.78 is 21.0. The number of hydrogen-bond acceptors (Lipinski definition) is 7. The molecular weight excluding hydrogens is 507 g/mol. The fraction of sp³-hybridized carbons (Fsp3) is 0.148. The van der Waals surface area contributed by atoms with Crippen LogP contribution in [0, 0.1) is 12.9 Å². The zero-order valence-electron chi connectivity index (χ0n) is 21.3. The van der Waals surface area contributed by atoms with Crippen molar-refractivity contribution in [2.75, 3.05) is 22.5 Å². The highest BCUT2D eigenvalue weighted by Crippen LogP contribution is 2.26. The zero-order chi connectivity index (χ0) is 28.3. The van der Waals surface area contributed by atoms with E-state index in [9.17, 15) is 23.6 Å². The predicted molar refractivity (Wildman–Crippen MR) is 143 cm³/mol. The number of nitrogens with two attached hydrogens (primary N) is 1. The Morgan fingerprint density at radius 2 is 1.72 bits per heavy atom. The van der Waals surface area contributed by atoms with E-state index in [4.69, 9.17) is 10.3 Å². The van der Waals surface area contributed by atoms with E-state index in [0.29, 0.717) is 29.1 Å². The molecule has 2 heterocycles. The zero-order valence-corrected chi connectivity index (χ0v) is 21.3. The van der Waals surface area contributed by atoms with Crippen LogP contribution in [-0.2, 0) is 7.05 Å². The van der Waals surface area contributed by atoms with Crippen LogP contribution in [0.3, 0.4) is 0 Å². The van der Waals surface area contributed by atoms with E-state index in [0.717, 1.165) is 10.8 Å². The van der Waals surface area contributed by atoms with Gasteiger partial charge in [-0.1, -0.05) is 18.2 Å². The van der Waals surface area contributed by atoms with Crippen LogP contribution in [0.25, 0.3) is 11.1 Å². The highest BCUT2D eigenvalue weighted by atomic mass is 19.1. The number of rotatable bonds is 8. The molecule has 39 heavy (non-hydrogen) atoms. The number of carbonyl (C=O) groups excluding carboxylic acids is 3. The van der Waals surface area contributed by atoms with Gasteiger partial charge in [0.05, 0.1) is 16.8 Å². The van der Waals surface area contributed by atoms with Gasteiger partial charge in [0.25, 0.3) is 17.4 Å². The van der Waals surface area contributed by atoms with Crippen LogP contribution >= 0.6 is 0 Å². The van der Waals surface area contributed by atoms with Crippen LogP contribution in [-0.4, -0.2) is 34.0 Å². The number of halogens is 1. The van der Waals surface area contributed by atoms with Crippen LogP contribution in [0.4, 0.5) is 21.5 Å². The van der Waals surface area contributed by atoms with Gasteiger partial charge in [-0.3, -0.25) is 19.2 Å². The Hall–Kier alpha value is -5.26. The van der Waals surface area contributed by atoms with Crippen molar-refractivity contribution in [1.82, 2.24) is 9.72 Å². The number of aromatic nitrogens is 2. The minimum Gasteiger partial charge on any atom is -0.383 e. The molecule has 0 aliphatic rings. The largest absolute Gasteiger partial charge is 0.383 e. The molecule has 11 nitrogen and oxygen atoms in total. The summed E-state index contributed by atoms with van der Waals surface area (Å²) in [6.45, 7) is 3.72. The Morgan fingerprint density at radius 1 is 1.03 bits per heavy atom. The molecule has 0 aliphatic heterocycles. The average Bonchev–Trinajstić information content (AvgIpc) is 3.16. The average molecular weight is 533 g/mol. The van der Waals surface area contributed by atoms with Crippen molar-refractivity contribution in [3.05, 3.63) is 93.5 Å². The molecule has 3 amide bonds. The minimum atomic E-state index is -1.04. The SMILES string of the molecule is CCNc1c(C(=O)Nc2ccc(-c3c(C)on(C)c3=O)cc2)cc(F)nc1C(=O)Nc1cccc(C(N)=O)c1. The molecule has 0 fully saturated rings. The Bertz CT molecular complexity index is 1640. The van der Waals surface area contributed by atoms with E-state index in [1.54, 1.807) is 38.1 Å². The molecule has 5 N–H and O–H groups in total. The monoisotopic (exact) mass is 532 g/mol. The molecule has 0 spiro atoms. The van der Waals surface area contributed by atoms with E-state index < -0.39 is 23.7 Å². The highest BCUT2D eigenvalue weighted by Gasteiger charge is 2.23. The smallest absolute Gasteiger partial charge is 0.290 e. The number of nitrogens with zero attached hydrogens (tertiary/aromatic N) is 2. The summed E-state index contributed by atoms with van der Waals surface area (Å²) in [7, 11) is 1.51. The van der Waals surface area contributed by atoms with Gasteiger partial charge in [0, 0.05) is 36.6 Å². The number of aryl methyl sites for hydroxylation is 2. The maximum absolute atomic E-state index is 14.5. The standard InChI is InChI=1S/C27H25FN6O5/c1-4-30-22-19(13-20(28)33-23(22)26(37)32-18-7-5-6-16(12-18)24(29)35)25(36)31-17-10-8-15(9-11-17)21-14(2)39-34(3)27(21)38/h5-13,30H,4H2,1-3H3,(H2,29,35)(H,31,36)(H,32,37). The minimum absolute atomic E-state index is 0.0223. The molecule has 0 unspecified atom stereocenters. The fourth-order valence-electron chi connectivity index (χ4n) is 4.00. The number of benzene rings is 2. The van der Waals surface area contributed by atoms with Gasteiger partial charge in [0.15, 0.2) is 5.69 Å². The Labute approximate surface area is 221 Å². The van der Waals surface area contributed by atoms with Gasteiger partial charge in [0.1, 0.15) is 5.76 Å². The summed E-state index contributed by atoms with van der Waals surface area (Å²) in [6, 6.07) is 13.3. The first-order valence-electron chi connectivity index (χ1n) is 11.8. The number of nitrogens with one attached hydrogen (secondary N) is 3. The van der Waals surface area contributed by atoms with E-state index in [1.165, 1.54) is 31.3 Å². The Kier molecular flexibility index (Phi) is 7.56. The lowest BCUT2D eigenvalue weighted by atomic mass is 10.1. The van der Waals surface area contributed by atoms with Gasteiger partial charge < -0.3 is 26.2 Å². The van der Waals surface area contributed by atoms with Gasteiger partial charge in [0.2, 0.25) is 11.9 Å². The van der Waals surface area contributed by atoms with Crippen molar-refractivity contribution in [2.24, 2.45) is 12.8 Å². The van der Waals surface area contributed by atoms with Crippen molar-refractivity contribution >= 4 is 34.8 Å². The van der Waals surface area contributed by atoms with Crippen molar-refractivity contribution < 1.29 is 23.3 Å². The van der Waals surface area contributed by atoms with Gasteiger partial charge in [-0.2, -0.15) is 9.13 Å². The van der Waals surface area contributed by atoms with E-state index in [-0.39, 0.29) is 33.8 Å². The van der Waals surface area contributed by atoms with Crippen LogP contribution in [0.15, 0.2) is 63.9 Å². The summed E-state index contributed by atoms with van der Waals surface area (Å²) in [5.74, 6) is -2.77. The summed E-state index contributed by atoms with van der Waals surface area (Å²) in [5.41, 5.74) is 6.29. The molecule has 0 radical (unpaired) electrons. The first kappa shape index (κ1) is 26.8. The number of carbonyl (C=O) groups is 3. The third-order valence-electron chi connectivity index (χ3n) is 5.76. The molecule has 4 rings (SSSR count). The summed E-state index contributed by atoms with van der Waals surface area (Å²) >= 11 is 0. The maximum atomic E-state index is 14.5. The normalized spacial score (nSPS) is 10.7. The molecule has 0 saturated heterocycles. The number of anilines is 3. The second-order valence-electron chi connectivity index (χ2n) is 8.50. The van der Waals surface area contributed by atoms with Gasteiger partial charge >= 0.3 is 0 Å². The quantitative estimate of drug-likeness (QED) is 0.252. The summed E-state index contributed by atoms with van der Waals surface area (Å²) in [4.78, 5) is 53.7. The van der Waals surface area contributed by atoms with Crippen molar-refractivity contribution in [3.63, 3.8) is 0 Å². The van der Waals surface area contributed by atoms with Crippen molar-refractivity contribution in [3.8, 4) is 11.1 Å². The molecule has 0 atom stereocenters. The van der Waals surface area contributed by atoms with Crippen LogP contribution in [0.5, 0.6) is 0 Å². The molecule has 2 aromatic carbocycles. The molecular formula is C27H25FN6O5. The molecule has 0 saturated carbocycles. The van der Waals surface area contributed by atoms with Crippen molar-refractivity contribution in [2.45, 2.75) is 13.8 Å². The van der Waals surface area contributed by atoms with Crippen LogP contribution < -0.4 is 27.2 Å². The predicted octanol–water partition coefficient (Wildman–Crippen LogP) is 3.52. The molecule has 2 aromatic heterocycles. The first-order valence-corrected chi connectivity index (χ1v) is 11.8. The number of primary amides is 1. The molecule has 4 aromatic rings. The van der Waals surface area contributed by atoms with Gasteiger partial charge in [-0.15, -0.1) is 0 Å². The summed E-state index contributed by atoms with van der Waals surface area (Å²) in [5, 5.41) is 8.12. The second-order valence-corrected chi connectivity index (χ2v) is 8.50. The van der Waals surface area contributed by atoms with E-state index in [2.05, 4.69) is 20.9 Å². The van der Waals surface area contributed by atoms with Gasteiger partial charge in [-0.05, 0) is 49.7 Å². The second kappa shape index (κ2) is 11.0. The third kappa shape index (κ3) is 5.69. The lowest BCUT2D eigenvalue weighted by Gasteiger charge is -2.15. The number of amides is 3.